The molecule has 0 aliphatic heterocycles. The Hall–Kier alpha value is -3.85. The van der Waals surface area contributed by atoms with Crippen LogP contribution >= 0.6 is 23.2 Å². The highest BCUT2D eigenvalue weighted by atomic mass is 35.5. The number of benzene rings is 4. The minimum absolute atomic E-state index is 0.0214. The molecule has 1 atom stereocenters. The Bertz CT molecular complexity index is 1740. The van der Waals surface area contributed by atoms with E-state index in [1.165, 1.54) is 17.0 Å². The van der Waals surface area contributed by atoms with E-state index >= 15 is 0 Å². The first kappa shape index (κ1) is 34.0. The Labute approximate surface area is 275 Å². The van der Waals surface area contributed by atoms with Crippen LogP contribution in [0, 0.1) is 6.92 Å². The third kappa shape index (κ3) is 8.87. The number of halogens is 2. The number of carbonyl (C=O) groups is 2. The number of amides is 2. The summed E-state index contributed by atoms with van der Waals surface area (Å²) < 4.78 is 29.4. The lowest BCUT2D eigenvalue weighted by Gasteiger charge is -2.35. The summed E-state index contributed by atoms with van der Waals surface area (Å²) >= 11 is 12.8. The smallest absolute Gasteiger partial charge is 0.264 e. The van der Waals surface area contributed by atoms with Gasteiger partial charge in [0, 0.05) is 28.5 Å². The molecule has 0 aliphatic rings. The van der Waals surface area contributed by atoms with Gasteiger partial charge in [-0.25, -0.2) is 8.42 Å². The topological polar surface area (TPSA) is 86.8 Å². The van der Waals surface area contributed by atoms with Crippen LogP contribution in [0.4, 0.5) is 5.69 Å². The van der Waals surface area contributed by atoms with Gasteiger partial charge in [0.2, 0.25) is 11.8 Å². The largest absolute Gasteiger partial charge is 0.350 e. The first-order chi connectivity index (χ1) is 21.3. The Morgan fingerprint density at radius 2 is 1.44 bits per heavy atom. The van der Waals surface area contributed by atoms with E-state index in [1.807, 2.05) is 51.1 Å². The van der Waals surface area contributed by atoms with Gasteiger partial charge in [-0.15, -0.1) is 0 Å². The van der Waals surface area contributed by atoms with E-state index in [0.29, 0.717) is 26.9 Å². The van der Waals surface area contributed by atoms with Crippen molar-refractivity contribution in [2.45, 2.75) is 57.1 Å². The highest BCUT2D eigenvalue weighted by molar-refractivity contribution is 7.92. The molecule has 0 radical (unpaired) electrons. The van der Waals surface area contributed by atoms with Crippen molar-refractivity contribution in [1.29, 1.82) is 0 Å². The van der Waals surface area contributed by atoms with Gasteiger partial charge in [0.15, 0.2) is 0 Å². The molecule has 0 aromatic heterocycles. The van der Waals surface area contributed by atoms with Crippen LogP contribution in [0.2, 0.25) is 10.0 Å². The molecule has 4 aromatic rings. The predicted molar refractivity (Wildman–Crippen MR) is 181 cm³/mol. The van der Waals surface area contributed by atoms with Gasteiger partial charge in [-0.05, 0) is 80.8 Å². The maximum Gasteiger partial charge on any atom is 0.264 e. The highest BCUT2D eigenvalue weighted by Gasteiger charge is 2.36. The summed E-state index contributed by atoms with van der Waals surface area (Å²) in [5, 5.41) is 3.87. The fourth-order valence-corrected chi connectivity index (χ4v) is 6.87. The molecule has 4 aromatic carbocycles. The van der Waals surface area contributed by atoms with Gasteiger partial charge in [0.05, 0.1) is 10.6 Å². The van der Waals surface area contributed by atoms with Crippen LogP contribution in [0.25, 0.3) is 0 Å². The lowest BCUT2D eigenvalue weighted by atomic mass is 10.0. The van der Waals surface area contributed by atoms with Crippen LogP contribution in [0.1, 0.15) is 37.5 Å². The number of hydrogen-bond acceptors (Lipinski definition) is 4. The Morgan fingerprint density at radius 3 is 2.04 bits per heavy atom. The van der Waals surface area contributed by atoms with E-state index in [1.54, 1.807) is 67.6 Å². The van der Waals surface area contributed by atoms with Gasteiger partial charge >= 0.3 is 0 Å². The van der Waals surface area contributed by atoms with Crippen molar-refractivity contribution < 1.29 is 18.0 Å². The summed E-state index contributed by atoms with van der Waals surface area (Å²) in [6, 6.07) is 28.2. The van der Waals surface area contributed by atoms with Gasteiger partial charge in [-0.2, -0.15) is 0 Å². The molecule has 0 saturated heterocycles. The fraction of sp³-hybridized carbons (Fsp3) is 0.257. The molecule has 0 spiro atoms. The minimum atomic E-state index is -4.22. The fourth-order valence-electron chi connectivity index (χ4n) is 4.95. The maximum absolute atomic E-state index is 14.6. The van der Waals surface area contributed by atoms with Crippen molar-refractivity contribution >= 4 is 50.7 Å². The van der Waals surface area contributed by atoms with Crippen LogP contribution in [-0.4, -0.2) is 43.3 Å². The summed E-state index contributed by atoms with van der Waals surface area (Å²) in [4.78, 5) is 30.0. The number of nitrogens with zero attached hydrogens (tertiary/aromatic N) is 2. The molecule has 0 saturated carbocycles. The van der Waals surface area contributed by atoms with E-state index in [4.69, 9.17) is 23.2 Å². The maximum atomic E-state index is 14.6. The summed E-state index contributed by atoms with van der Waals surface area (Å²) in [6.07, 6.45) is 0.199. The molecule has 45 heavy (non-hydrogen) atoms. The van der Waals surface area contributed by atoms with Crippen LogP contribution in [0.15, 0.2) is 108 Å². The normalized spacial score (nSPS) is 12.3. The molecule has 7 nitrogen and oxygen atoms in total. The Balaban J connectivity index is 1.84. The minimum Gasteiger partial charge on any atom is -0.350 e. The highest BCUT2D eigenvalue weighted by Crippen LogP contribution is 2.30. The van der Waals surface area contributed by atoms with Crippen molar-refractivity contribution in [3.63, 3.8) is 0 Å². The van der Waals surface area contributed by atoms with Crippen LogP contribution < -0.4 is 9.62 Å². The lowest BCUT2D eigenvalue weighted by molar-refractivity contribution is -0.140. The molecular formula is C35H37Cl2N3O4S. The van der Waals surface area contributed by atoms with Crippen molar-refractivity contribution in [1.82, 2.24) is 10.2 Å². The third-order valence-corrected chi connectivity index (χ3v) is 9.48. The molecule has 0 fully saturated rings. The number of anilines is 1. The second kappa shape index (κ2) is 14.5. The molecule has 2 amide bonds. The van der Waals surface area contributed by atoms with Crippen molar-refractivity contribution in [3.8, 4) is 0 Å². The molecule has 1 N–H and O–H groups in total. The Kier molecular flexibility index (Phi) is 11.0. The average molecular weight is 667 g/mol. The SMILES string of the molecule is Cc1cc(Cl)ccc1N(CC(=O)N(Cc1ccccc1Cl)[C@H](Cc1ccccc1)C(=O)NC(C)(C)C)S(=O)(=O)c1ccccc1. The molecular weight excluding hydrogens is 629 g/mol. The molecule has 10 heteroatoms. The first-order valence-electron chi connectivity index (χ1n) is 14.5. The van der Waals surface area contributed by atoms with E-state index in [-0.39, 0.29) is 23.8 Å². The molecule has 0 bridgehead atoms. The number of sulfonamides is 1. The van der Waals surface area contributed by atoms with Gasteiger partial charge in [0.25, 0.3) is 10.0 Å². The number of rotatable bonds is 11. The monoisotopic (exact) mass is 665 g/mol. The number of nitrogens with one attached hydrogen (secondary N) is 1. The second-order valence-electron chi connectivity index (χ2n) is 11.8. The van der Waals surface area contributed by atoms with E-state index in [2.05, 4.69) is 5.32 Å². The van der Waals surface area contributed by atoms with Crippen LogP contribution in [0.5, 0.6) is 0 Å². The lowest BCUT2D eigenvalue weighted by Crippen LogP contribution is -2.56. The average Bonchev–Trinajstić information content (AvgIpc) is 2.99. The van der Waals surface area contributed by atoms with E-state index < -0.39 is 34.1 Å². The van der Waals surface area contributed by atoms with Gasteiger partial charge in [0.1, 0.15) is 12.6 Å². The van der Waals surface area contributed by atoms with Crippen molar-refractivity contribution in [2.75, 3.05) is 10.8 Å². The molecule has 0 heterocycles. The first-order valence-corrected chi connectivity index (χ1v) is 16.7. The van der Waals surface area contributed by atoms with E-state index in [9.17, 15) is 18.0 Å². The quantitative estimate of drug-likeness (QED) is 0.186. The van der Waals surface area contributed by atoms with Crippen molar-refractivity contribution in [2.24, 2.45) is 0 Å². The molecule has 4 rings (SSSR count). The Morgan fingerprint density at radius 1 is 0.844 bits per heavy atom. The summed E-state index contributed by atoms with van der Waals surface area (Å²) in [5.74, 6) is -0.944. The summed E-state index contributed by atoms with van der Waals surface area (Å²) in [6.45, 7) is 6.73. The number of aryl methyl sites for hydroxylation is 1. The predicted octanol–water partition coefficient (Wildman–Crippen LogP) is 7.05. The van der Waals surface area contributed by atoms with Gasteiger partial charge < -0.3 is 10.2 Å². The molecule has 0 unspecified atom stereocenters. The number of hydrogen-bond donors (Lipinski definition) is 1. The van der Waals surface area contributed by atoms with Crippen molar-refractivity contribution in [3.05, 3.63) is 130 Å². The van der Waals surface area contributed by atoms with Gasteiger partial charge in [-0.1, -0.05) is 89.9 Å². The van der Waals surface area contributed by atoms with E-state index in [0.717, 1.165) is 9.87 Å². The second-order valence-corrected chi connectivity index (χ2v) is 14.5. The number of carbonyl (C=O) groups excluding carboxylic acids is 2. The molecule has 0 aliphatic carbocycles. The zero-order valence-electron chi connectivity index (χ0n) is 25.7. The van der Waals surface area contributed by atoms with Gasteiger partial charge in [-0.3, -0.25) is 13.9 Å². The molecule has 236 valence electrons. The zero-order valence-corrected chi connectivity index (χ0v) is 28.0. The standard InChI is InChI=1S/C35H37Cl2N3O4S/c1-25-21-28(36)19-20-31(25)40(45(43,44)29-16-9-6-10-17-29)24-33(41)39(23-27-15-11-12-18-30(27)37)32(34(42)38-35(2,3)4)22-26-13-7-5-8-14-26/h5-21,32H,22-24H2,1-4H3,(H,38,42)/t32-/m1/s1. The zero-order chi connectivity index (χ0) is 32.8. The summed E-state index contributed by atoms with van der Waals surface area (Å²) in [7, 11) is -4.22. The third-order valence-electron chi connectivity index (χ3n) is 7.11. The van der Waals surface area contributed by atoms with Crippen LogP contribution in [-0.2, 0) is 32.6 Å². The summed E-state index contributed by atoms with van der Waals surface area (Å²) in [5.41, 5.74) is 1.74. The van der Waals surface area contributed by atoms with Crippen LogP contribution in [0.3, 0.4) is 0 Å².